The Morgan fingerprint density at radius 1 is 1.19 bits per heavy atom. The second-order valence-electron chi connectivity index (χ2n) is 6.53. The van der Waals surface area contributed by atoms with Crippen LogP contribution in [0.5, 0.6) is 5.75 Å². The molecule has 1 aliphatic heterocycles. The lowest BCUT2D eigenvalue weighted by molar-refractivity contribution is -0.0300. The third-order valence-corrected chi connectivity index (χ3v) is 4.76. The highest BCUT2D eigenvalue weighted by atomic mass is 19.1. The summed E-state index contributed by atoms with van der Waals surface area (Å²) in [7, 11) is 0. The summed E-state index contributed by atoms with van der Waals surface area (Å²) in [4.78, 5) is 10.7. The van der Waals surface area contributed by atoms with E-state index in [1.807, 2.05) is 31.2 Å². The lowest BCUT2D eigenvalue weighted by Crippen LogP contribution is -2.44. The highest BCUT2D eigenvalue weighted by molar-refractivity contribution is 5.85. The monoisotopic (exact) mass is 353 g/mol. The van der Waals surface area contributed by atoms with E-state index in [1.165, 1.54) is 6.07 Å². The minimum atomic E-state index is -0.506. The molecule has 2 aromatic heterocycles. The third kappa shape index (κ3) is 3.02. The van der Waals surface area contributed by atoms with Gasteiger partial charge in [-0.05, 0) is 25.1 Å². The molecule has 5 nitrogen and oxygen atoms in total. The summed E-state index contributed by atoms with van der Waals surface area (Å²) in [5, 5.41) is 11.7. The minimum Gasteiger partial charge on any atom is -0.505 e. The van der Waals surface area contributed by atoms with Crippen LogP contribution in [0.15, 0.2) is 48.8 Å². The zero-order valence-electron chi connectivity index (χ0n) is 14.5. The Morgan fingerprint density at radius 2 is 2.00 bits per heavy atom. The van der Waals surface area contributed by atoms with Gasteiger partial charge in [-0.3, -0.25) is 14.9 Å². The predicted octanol–water partition coefficient (Wildman–Crippen LogP) is 3.28. The maximum absolute atomic E-state index is 14.6. The first-order chi connectivity index (χ1) is 12.6. The molecule has 0 bridgehead atoms. The van der Waals surface area contributed by atoms with Crippen LogP contribution >= 0.6 is 0 Å². The van der Waals surface area contributed by atoms with Crippen molar-refractivity contribution in [1.82, 2.24) is 14.9 Å². The zero-order chi connectivity index (χ0) is 18.1. The SMILES string of the molecule is CC1CN(C(c2ccc3cccnc3c2O)c2ncccc2F)CCO1. The summed E-state index contributed by atoms with van der Waals surface area (Å²) in [5.74, 6) is -0.325. The van der Waals surface area contributed by atoms with Crippen molar-refractivity contribution in [3.05, 3.63) is 65.9 Å². The van der Waals surface area contributed by atoms with Gasteiger partial charge in [0.15, 0.2) is 0 Å². The van der Waals surface area contributed by atoms with Crippen LogP contribution in [0.2, 0.25) is 0 Å². The molecule has 1 aromatic carbocycles. The van der Waals surface area contributed by atoms with Gasteiger partial charge in [-0.2, -0.15) is 0 Å². The molecule has 0 saturated carbocycles. The molecule has 0 spiro atoms. The van der Waals surface area contributed by atoms with Gasteiger partial charge in [0, 0.05) is 36.4 Å². The van der Waals surface area contributed by atoms with Gasteiger partial charge >= 0.3 is 0 Å². The fraction of sp³-hybridized carbons (Fsp3) is 0.300. The molecule has 3 aromatic rings. The average molecular weight is 353 g/mol. The molecule has 0 amide bonds. The molecular weight excluding hydrogens is 333 g/mol. The first-order valence-electron chi connectivity index (χ1n) is 8.68. The van der Waals surface area contributed by atoms with Crippen LogP contribution in [0.1, 0.15) is 24.2 Å². The lowest BCUT2D eigenvalue weighted by Gasteiger charge is -2.37. The average Bonchev–Trinajstić information content (AvgIpc) is 2.65. The Balaban J connectivity index is 1.88. The quantitative estimate of drug-likeness (QED) is 0.783. The van der Waals surface area contributed by atoms with E-state index < -0.39 is 11.9 Å². The molecule has 6 heteroatoms. The summed E-state index contributed by atoms with van der Waals surface area (Å²) >= 11 is 0. The van der Waals surface area contributed by atoms with Crippen molar-refractivity contribution in [3.63, 3.8) is 0 Å². The fourth-order valence-corrected chi connectivity index (χ4v) is 3.56. The zero-order valence-corrected chi connectivity index (χ0v) is 14.5. The van der Waals surface area contributed by atoms with E-state index in [2.05, 4.69) is 14.9 Å². The molecule has 1 fully saturated rings. The van der Waals surface area contributed by atoms with E-state index >= 15 is 0 Å². The Morgan fingerprint density at radius 3 is 2.81 bits per heavy atom. The first-order valence-corrected chi connectivity index (χ1v) is 8.68. The van der Waals surface area contributed by atoms with Gasteiger partial charge in [0.1, 0.15) is 17.1 Å². The number of ether oxygens (including phenoxy) is 1. The van der Waals surface area contributed by atoms with Gasteiger partial charge in [0.05, 0.1) is 24.4 Å². The number of benzene rings is 1. The standard InChI is InChI=1S/C20H20FN3O2/c1-13-12-24(10-11-26-13)19(18-16(21)5-3-9-23-18)15-7-6-14-4-2-8-22-17(14)20(15)25/h2-9,13,19,25H,10-12H2,1H3. The van der Waals surface area contributed by atoms with Crippen molar-refractivity contribution in [3.8, 4) is 5.75 Å². The number of aromatic nitrogens is 2. The van der Waals surface area contributed by atoms with Crippen molar-refractivity contribution < 1.29 is 14.2 Å². The van der Waals surface area contributed by atoms with Gasteiger partial charge in [-0.1, -0.05) is 18.2 Å². The van der Waals surface area contributed by atoms with Crippen LogP contribution in [-0.4, -0.2) is 45.8 Å². The number of rotatable bonds is 3. The predicted molar refractivity (Wildman–Crippen MR) is 96.4 cm³/mol. The van der Waals surface area contributed by atoms with Crippen LogP contribution in [0.25, 0.3) is 10.9 Å². The summed E-state index contributed by atoms with van der Waals surface area (Å²) in [6.45, 7) is 3.80. The second-order valence-corrected chi connectivity index (χ2v) is 6.53. The third-order valence-electron chi connectivity index (χ3n) is 4.76. The number of phenolic OH excluding ortho intramolecular Hbond substituents is 1. The van der Waals surface area contributed by atoms with Crippen LogP contribution in [0.4, 0.5) is 4.39 Å². The molecule has 0 aliphatic carbocycles. The van der Waals surface area contributed by atoms with Crippen molar-refractivity contribution in [1.29, 1.82) is 0 Å². The Labute approximate surface area is 151 Å². The topological polar surface area (TPSA) is 58.5 Å². The van der Waals surface area contributed by atoms with Gasteiger partial charge in [0.25, 0.3) is 0 Å². The van der Waals surface area contributed by atoms with Crippen molar-refractivity contribution in [2.24, 2.45) is 0 Å². The Bertz CT molecular complexity index is 934. The highest BCUT2D eigenvalue weighted by Crippen LogP contribution is 2.38. The summed E-state index contributed by atoms with van der Waals surface area (Å²) in [6, 6.07) is 9.90. The number of phenols is 1. The molecule has 134 valence electrons. The van der Waals surface area contributed by atoms with Crippen molar-refractivity contribution in [2.45, 2.75) is 19.1 Å². The molecule has 3 heterocycles. The molecule has 2 unspecified atom stereocenters. The maximum atomic E-state index is 14.6. The first kappa shape index (κ1) is 16.9. The molecule has 2 atom stereocenters. The highest BCUT2D eigenvalue weighted by Gasteiger charge is 2.32. The number of nitrogens with zero attached hydrogens (tertiary/aromatic N) is 3. The van der Waals surface area contributed by atoms with E-state index in [9.17, 15) is 9.50 Å². The summed E-state index contributed by atoms with van der Waals surface area (Å²) in [6.07, 6.45) is 3.24. The van der Waals surface area contributed by atoms with Crippen LogP contribution in [0, 0.1) is 5.82 Å². The number of pyridine rings is 2. The van der Waals surface area contributed by atoms with Crippen molar-refractivity contribution >= 4 is 10.9 Å². The van der Waals surface area contributed by atoms with Crippen LogP contribution in [0.3, 0.4) is 0 Å². The molecule has 1 N–H and O–H groups in total. The van der Waals surface area contributed by atoms with Gasteiger partial charge in [-0.15, -0.1) is 0 Å². The number of aromatic hydroxyl groups is 1. The molecular formula is C20H20FN3O2. The number of hydrogen-bond acceptors (Lipinski definition) is 5. The number of hydrogen-bond donors (Lipinski definition) is 1. The van der Waals surface area contributed by atoms with Gasteiger partial charge < -0.3 is 9.84 Å². The maximum Gasteiger partial charge on any atom is 0.146 e. The molecule has 26 heavy (non-hydrogen) atoms. The van der Waals surface area contributed by atoms with Gasteiger partial charge in [0.2, 0.25) is 0 Å². The fourth-order valence-electron chi connectivity index (χ4n) is 3.56. The second kappa shape index (κ2) is 6.97. The molecule has 1 aliphatic rings. The molecule has 0 radical (unpaired) electrons. The van der Waals surface area contributed by atoms with E-state index in [-0.39, 0.29) is 11.9 Å². The molecule has 4 rings (SSSR count). The van der Waals surface area contributed by atoms with Crippen LogP contribution in [-0.2, 0) is 4.74 Å². The Kier molecular flexibility index (Phi) is 4.53. The summed E-state index contributed by atoms with van der Waals surface area (Å²) in [5.41, 5.74) is 1.41. The van der Waals surface area contributed by atoms with Crippen molar-refractivity contribution in [2.75, 3.05) is 19.7 Å². The van der Waals surface area contributed by atoms with E-state index in [0.29, 0.717) is 36.5 Å². The number of halogens is 1. The minimum absolute atomic E-state index is 0.0266. The van der Waals surface area contributed by atoms with E-state index in [4.69, 9.17) is 4.74 Å². The number of fused-ring (bicyclic) bond motifs is 1. The van der Waals surface area contributed by atoms with E-state index in [0.717, 1.165) is 5.39 Å². The van der Waals surface area contributed by atoms with Crippen LogP contribution < -0.4 is 0 Å². The normalized spacial score (nSPS) is 19.5. The lowest BCUT2D eigenvalue weighted by atomic mass is 9.97. The molecule has 1 saturated heterocycles. The number of morpholine rings is 1. The smallest absolute Gasteiger partial charge is 0.146 e. The van der Waals surface area contributed by atoms with Gasteiger partial charge in [-0.25, -0.2) is 4.39 Å². The largest absolute Gasteiger partial charge is 0.505 e. The van der Waals surface area contributed by atoms with E-state index in [1.54, 1.807) is 18.5 Å². The summed E-state index contributed by atoms with van der Waals surface area (Å²) < 4.78 is 20.2. The Hall–Kier alpha value is -2.57.